The number of unbranched alkanes of at least 4 members (excludes halogenated alkanes) is 4. The van der Waals surface area contributed by atoms with E-state index >= 15 is 0 Å². The van der Waals surface area contributed by atoms with Gasteiger partial charge in [0.15, 0.2) is 5.82 Å². The number of benzene rings is 2. The van der Waals surface area contributed by atoms with E-state index in [-0.39, 0.29) is 36.2 Å². The number of carbonyl (C=O) groups excluding carboxylic acids is 2. The number of carbonyl (C=O) groups is 3. The monoisotopic (exact) mass is 710 g/mol. The molecule has 0 aliphatic carbocycles. The first-order chi connectivity index (χ1) is 24.4. The second-order valence-electron chi connectivity index (χ2n) is 14.5. The number of nitrogens with zero attached hydrogens (tertiary/aromatic N) is 3. The molecule has 2 aromatic heterocycles. The van der Waals surface area contributed by atoms with Crippen molar-refractivity contribution in [2.45, 2.75) is 97.1 Å². The predicted octanol–water partition coefficient (Wildman–Crippen LogP) is 8.18. The highest BCUT2D eigenvalue weighted by atomic mass is 32.1. The molecule has 1 aliphatic heterocycles. The third-order valence-corrected chi connectivity index (χ3v) is 10.9. The van der Waals surface area contributed by atoms with Crippen LogP contribution in [-0.4, -0.2) is 63.0 Å². The molecule has 2 amide bonds. The number of aliphatic carboxylic acids is 1. The Balaban J connectivity index is 1.25. The van der Waals surface area contributed by atoms with Crippen LogP contribution < -0.4 is 10.1 Å². The van der Waals surface area contributed by atoms with Gasteiger partial charge in [0, 0.05) is 47.4 Å². The third kappa shape index (κ3) is 10.0. The maximum Gasteiger partial charge on any atom is 0.308 e. The molecule has 5 rings (SSSR count). The normalized spacial score (nSPS) is 16.5. The number of carboxylic acids is 1. The predicted molar refractivity (Wildman–Crippen MR) is 202 cm³/mol. The lowest BCUT2D eigenvalue weighted by molar-refractivity contribution is -0.141. The number of hydrogen-bond donors (Lipinski definition) is 2. The van der Waals surface area contributed by atoms with E-state index in [2.05, 4.69) is 43.0 Å². The van der Waals surface area contributed by atoms with Gasteiger partial charge >= 0.3 is 5.97 Å². The van der Waals surface area contributed by atoms with Crippen LogP contribution in [0.1, 0.15) is 93.3 Å². The van der Waals surface area contributed by atoms with Gasteiger partial charge in [0.2, 0.25) is 5.91 Å². The number of amides is 2. The standard InChI is InChI=1S/C41H50N4O5S/c1-6-7-8-9-10-21-50-33-17-15-29(16-18-33)32-24-42-37(43-25-32)30-13-11-28(12-14-30)23-34(39(47)45-26-31(40(48)49)22-27(45)2)44-38(46)35-19-20-36(51-35)41(3,4)5/h11-20,24-25,27,31,34H,6-10,21-23,26H2,1-5H3,(H,44,46)(H,48,49)/t27?,31?,34-/m0/s1. The first-order valence-corrected chi connectivity index (χ1v) is 18.8. The summed E-state index contributed by atoms with van der Waals surface area (Å²) in [5.41, 5.74) is 3.48. The van der Waals surface area contributed by atoms with E-state index in [0.717, 1.165) is 45.9 Å². The highest BCUT2D eigenvalue weighted by Crippen LogP contribution is 2.30. The molecule has 1 aliphatic rings. The Labute approximate surface area is 305 Å². The molecule has 2 unspecified atom stereocenters. The van der Waals surface area contributed by atoms with Crippen LogP contribution >= 0.6 is 11.3 Å². The molecule has 0 radical (unpaired) electrons. The SMILES string of the molecule is CCCCCCCOc1ccc(-c2cnc(-c3ccc(C[C@H](NC(=O)c4ccc(C(C)(C)C)s4)C(=O)N4CC(C(=O)O)CC4C)cc3)nc2)cc1. The average molecular weight is 711 g/mol. The van der Waals surface area contributed by atoms with Crippen LogP contribution in [0.25, 0.3) is 22.5 Å². The summed E-state index contributed by atoms with van der Waals surface area (Å²) in [6.07, 6.45) is 10.3. The van der Waals surface area contributed by atoms with Crippen LogP contribution in [-0.2, 0) is 21.4 Å². The largest absolute Gasteiger partial charge is 0.494 e. The van der Waals surface area contributed by atoms with E-state index in [4.69, 9.17) is 4.74 Å². The second kappa shape index (κ2) is 17.1. The summed E-state index contributed by atoms with van der Waals surface area (Å²) >= 11 is 1.42. The molecule has 1 saturated heterocycles. The van der Waals surface area contributed by atoms with E-state index in [0.29, 0.717) is 17.1 Å². The quantitative estimate of drug-likeness (QED) is 0.119. The summed E-state index contributed by atoms with van der Waals surface area (Å²) in [4.78, 5) is 51.5. The molecule has 0 bridgehead atoms. The van der Waals surface area contributed by atoms with Crippen molar-refractivity contribution in [3.63, 3.8) is 0 Å². The van der Waals surface area contributed by atoms with Crippen molar-refractivity contribution in [1.82, 2.24) is 20.2 Å². The number of thiophene rings is 1. The molecule has 9 nitrogen and oxygen atoms in total. The number of carboxylic acid groups (broad SMARTS) is 1. The average Bonchev–Trinajstić information content (AvgIpc) is 3.78. The minimum absolute atomic E-state index is 0.102. The number of aromatic nitrogens is 2. The lowest BCUT2D eigenvalue weighted by Crippen LogP contribution is -2.50. The lowest BCUT2D eigenvalue weighted by Gasteiger charge is -2.27. The summed E-state index contributed by atoms with van der Waals surface area (Å²) in [5, 5.41) is 12.6. The van der Waals surface area contributed by atoms with E-state index in [1.54, 1.807) is 23.4 Å². The number of hydrogen-bond acceptors (Lipinski definition) is 7. The number of likely N-dealkylation sites (tertiary alicyclic amines) is 1. The number of ether oxygens (including phenoxy) is 1. The Morgan fingerprint density at radius 2 is 1.59 bits per heavy atom. The molecule has 51 heavy (non-hydrogen) atoms. The zero-order valence-corrected chi connectivity index (χ0v) is 31.2. The van der Waals surface area contributed by atoms with Crippen molar-refractivity contribution >= 4 is 29.1 Å². The van der Waals surface area contributed by atoms with Crippen molar-refractivity contribution in [2.24, 2.45) is 5.92 Å². The third-order valence-electron chi connectivity index (χ3n) is 9.39. The van der Waals surface area contributed by atoms with Crippen molar-refractivity contribution in [3.8, 4) is 28.3 Å². The number of nitrogens with one attached hydrogen (secondary N) is 1. The fraction of sp³-hybridized carbons (Fsp3) is 0.439. The molecular formula is C41H50N4O5S. The molecule has 3 atom stereocenters. The summed E-state index contributed by atoms with van der Waals surface area (Å²) in [5.74, 6) is -0.704. The Bertz CT molecular complexity index is 1760. The maximum atomic E-state index is 13.9. The molecule has 0 saturated carbocycles. The van der Waals surface area contributed by atoms with Crippen LogP contribution in [0.15, 0.2) is 73.1 Å². The lowest BCUT2D eigenvalue weighted by atomic mass is 9.95. The van der Waals surface area contributed by atoms with Gasteiger partial charge in [-0.15, -0.1) is 11.3 Å². The van der Waals surface area contributed by atoms with E-state index < -0.39 is 17.9 Å². The Kier molecular flexibility index (Phi) is 12.6. The van der Waals surface area contributed by atoms with Gasteiger partial charge in [-0.3, -0.25) is 14.4 Å². The minimum atomic E-state index is -0.914. The smallest absolute Gasteiger partial charge is 0.308 e. The minimum Gasteiger partial charge on any atom is -0.494 e. The molecule has 270 valence electrons. The fourth-order valence-electron chi connectivity index (χ4n) is 6.30. The van der Waals surface area contributed by atoms with Gasteiger partial charge in [-0.1, -0.05) is 89.8 Å². The van der Waals surface area contributed by atoms with E-state index in [9.17, 15) is 19.5 Å². The highest BCUT2D eigenvalue weighted by Gasteiger charge is 2.39. The van der Waals surface area contributed by atoms with Crippen molar-refractivity contribution in [3.05, 3.63) is 88.4 Å². The zero-order chi connectivity index (χ0) is 36.5. The first kappa shape index (κ1) is 37.7. The Hall–Kier alpha value is -4.57. The summed E-state index contributed by atoms with van der Waals surface area (Å²) in [6, 6.07) is 18.3. The van der Waals surface area contributed by atoms with Gasteiger partial charge in [0.25, 0.3) is 5.91 Å². The molecule has 2 N–H and O–H groups in total. The molecular weight excluding hydrogens is 661 g/mol. The maximum absolute atomic E-state index is 13.9. The molecule has 10 heteroatoms. The van der Waals surface area contributed by atoms with Gasteiger partial charge in [-0.05, 0) is 60.6 Å². The molecule has 2 aromatic carbocycles. The van der Waals surface area contributed by atoms with Crippen molar-refractivity contribution < 1.29 is 24.2 Å². The van der Waals surface area contributed by atoms with Gasteiger partial charge in [-0.25, -0.2) is 9.97 Å². The fourth-order valence-corrected chi connectivity index (χ4v) is 7.27. The van der Waals surface area contributed by atoms with Crippen molar-refractivity contribution in [1.29, 1.82) is 0 Å². The van der Waals surface area contributed by atoms with Crippen LogP contribution in [0.3, 0.4) is 0 Å². The van der Waals surface area contributed by atoms with E-state index in [1.165, 1.54) is 37.0 Å². The molecule has 4 aromatic rings. The number of rotatable bonds is 15. The van der Waals surface area contributed by atoms with Gasteiger partial charge in [0.05, 0.1) is 17.4 Å². The van der Waals surface area contributed by atoms with Gasteiger partial charge in [-0.2, -0.15) is 0 Å². The topological polar surface area (TPSA) is 122 Å². The summed E-state index contributed by atoms with van der Waals surface area (Å²) < 4.78 is 5.90. The van der Waals surface area contributed by atoms with Gasteiger partial charge < -0.3 is 20.1 Å². The van der Waals surface area contributed by atoms with Crippen LogP contribution in [0.5, 0.6) is 5.75 Å². The van der Waals surface area contributed by atoms with E-state index in [1.807, 2.05) is 61.5 Å². The highest BCUT2D eigenvalue weighted by molar-refractivity contribution is 7.14. The van der Waals surface area contributed by atoms with Crippen LogP contribution in [0, 0.1) is 5.92 Å². The van der Waals surface area contributed by atoms with Gasteiger partial charge in [0.1, 0.15) is 11.8 Å². The second-order valence-corrected chi connectivity index (χ2v) is 15.6. The van der Waals surface area contributed by atoms with Crippen LogP contribution in [0.4, 0.5) is 0 Å². The molecule has 0 spiro atoms. The molecule has 1 fully saturated rings. The van der Waals surface area contributed by atoms with Crippen molar-refractivity contribution in [2.75, 3.05) is 13.2 Å². The summed E-state index contributed by atoms with van der Waals surface area (Å²) in [6.45, 7) is 11.2. The summed E-state index contributed by atoms with van der Waals surface area (Å²) in [7, 11) is 0. The Morgan fingerprint density at radius 1 is 0.922 bits per heavy atom. The zero-order valence-electron chi connectivity index (χ0n) is 30.4. The Morgan fingerprint density at radius 3 is 2.20 bits per heavy atom. The first-order valence-electron chi connectivity index (χ1n) is 18.0. The molecule has 3 heterocycles. The van der Waals surface area contributed by atoms with Crippen LogP contribution in [0.2, 0.25) is 0 Å².